The van der Waals surface area contributed by atoms with Gasteiger partial charge in [0.25, 0.3) is 0 Å². The lowest BCUT2D eigenvalue weighted by Crippen LogP contribution is -2.60. The van der Waals surface area contributed by atoms with Crippen LogP contribution in [0.3, 0.4) is 0 Å². The molecule has 5 N–H and O–H groups in total. The summed E-state index contributed by atoms with van der Waals surface area (Å²) in [7, 11) is 1.29. The fourth-order valence-electron chi connectivity index (χ4n) is 4.06. The van der Waals surface area contributed by atoms with Crippen molar-refractivity contribution in [3.63, 3.8) is 0 Å². The second-order valence-electron chi connectivity index (χ2n) is 7.03. The van der Waals surface area contributed by atoms with Crippen LogP contribution in [0.2, 0.25) is 0 Å². The number of ether oxygens (including phenoxy) is 4. The minimum atomic E-state index is -1.57. The summed E-state index contributed by atoms with van der Waals surface area (Å²) < 4.78 is 21.6. The Balaban J connectivity index is 1.76. The summed E-state index contributed by atoms with van der Waals surface area (Å²) in [6.07, 6.45) is -5.67. The molecule has 0 aromatic heterocycles. The van der Waals surface area contributed by atoms with Crippen LogP contribution in [0, 0.1) is 17.8 Å². The van der Waals surface area contributed by atoms with Crippen LogP contribution in [-0.2, 0) is 23.7 Å². The molecule has 0 aromatic rings. The van der Waals surface area contributed by atoms with Crippen molar-refractivity contribution in [2.24, 2.45) is 17.8 Å². The molecule has 0 saturated carbocycles. The van der Waals surface area contributed by atoms with Crippen molar-refractivity contribution in [1.29, 1.82) is 0 Å². The van der Waals surface area contributed by atoms with Gasteiger partial charge < -0.3 is 44.5 Å². The molecular formula is C17H26O10. The molecule has 1 aliphatic carbocycles. The van der Waals surface area contributed by atoms with Crippen LogP contribution in [0.4, 0.5) is 0 Å². The zero-order valence-corrected chi connectivity index (χ0v) is 14.9. The molecule has 9 atom stereocenters. The van der Waals surface area contributed by atoms with E-state index in [1.54, 1.807) is 0 Å². The smallest absolute Gasteiger partial charge is 0.311 e. The van der Waals surface area contributed by atoms with Crippen LogP contribution in [0.25, 0.3) is 0 Å². The summed E-state index contributed by atoms with van der Waals surface area (Å²) in [5.74, 6) is -1.60. The SMILES string of the molecule is COC(=O)C1COC(OC2OC(CO)C(O)C(O)C2O)C2C(CO)=CCC12. The van der Waals surface area contributed by atoms with Crippen molar-refractivity contribution in [1.82, 2.24) is 0 Å². The summed E-state index contributed by atoms with van der Waals surface area (Å²) in [6, 6.07) is 0. The lowest BCUT2D eigenvalue weighted by molar-refractivity contribution is -0.351. The third-order valence-corrected chi connectivity index (χ3v) is 5.59. The summed E-state index contributed by atoms with van der Waals surface area (Å²) >= 11 is 0. The van der Waals surface area contributed by atoms with Crippen molar-refractivity contribution >= 4 is 5.97 Å². The molecule has 2 heterocycles. The van der Waals surface area contributed by atoms with Gasteiger partial charge in [0.15, 0.2) is 12.6 Å². The number of hydrogen-bond donors (Lipinski definition) is 5. The van der Waals surface area contributed by atoms with Gasteiger partial charge in [0.2, 0.25) is 0 Å². The van der Waals surface area contributed by atoms with Crippen LogP contribution in [0.5, 0.6) is 0 Å². The first kappa shape index (κ1) is 20.6. The highest BCUT2D eigenvalue weighted by molar-refractivity contribution is 5.73. The van der Waals surface area contributed by atoms with E-state index in [2.05, 4.69) is 0 Å². The molecule has 10 nitrogen and oxygen atoms in total. The molecule has 0 radical (unpaired) electrons. The largest absolute Gasteiger partial charge is 0.469 e. The van der Waals surface area contributed by atoms with E-state index in [-0.39, 0.29) is 19.1 Å². The Labute approximate surface area is 155 Å². The van der Waals surface area contributed by atoms with Crippen LogP contribution in [-0.4, -0.2) is 95.4 Å². The first-order valence-electron chi connectivity index (χ1n) is 8.88. The maximum Gasteiger partial charge on any atom is 0.311 e. The fourth-order valence-corrected chi connectivity index (χ4v) is 4.06. The number of aliphatic hydroxyl groups excluding tert-OH is 5. The van der Waals surface area contributed by atoms with Crippen LogP contribution >= 0.6 is 0 Å². The lowest BCUT2D eigenvalue weighted by Gasteiger charge is -2.44. The van der Waals surface area contributed by atoms with E-state index in [9.17, 15) is 30.3 Å². The van der Waals surface area contributed by atoms with Crippen LogP contribution in [0.15, 0.2) is 11.6 Å². The molecule has 10 heteroatoms. The van der Waals surface area contributed by atoms with Gasteiger partial charge in [-0.2, -0.15) is 0 Å². The fraction of sp³-hybridized carbons (Fsp3) is 0.824. The van der Waals surface area contributed by atoms with Crippen LogP contribution in [0.1, 0.15) is 6.42 Å². The van der Waals surface area contributed by atoms with Crippen LogP contribution < -0.4 is 0 Å². The van der Waals surface area contributed by atoms with E-state index in [1.165, 1.54) is 7.11 Å². The molecule has 154 valence electrons. The van der Waals surface area contributed by atoms with E-state index in [0.717, 1.165) is 0 Å². The molecule has 0 aromatic carbocycles. The zero-order chi connectivity index (χ0) is 19.7. The van der Waals surface area contributed by atoms with Gasteiger partial charge in [0.05, 0.1) is 32.8 Å². The van der Waals surface area contributed by atoms with Gasteiger partial charge in [0, 0.05) is 5.92 Å². The van der Waals surface area contributed by atoms with Gasteiger partial charge in [-0.15, -0.1) is 0 Å². The second-order valence-corrected chi connectivity index (χ2v) is 7.03. The molecule has 0 bridgehead atoms. The molecule has 2 aliphatic heterocycles. The van der Waals surface area contributed by atoms with Crippen molar-refractivity contribution in [2.45, 2.75) is 43.4 Å². The van der Waals surface area contributed by atoms with Gasteiger partial charge >= 0.3 is 5.97 Å². The topological polar surface area (TPSA) is 155 Å². The number of carbonyl (C=O) groups is 1. The Morgan fingerprint density at radius 1 is 1.19 bits per heavy atom. The highest BCUT2D eigenvalue weighted by Crippen LogP contribution is 2.45. The molecule has 27 heavy (non-hydrogen) atoms. The van der Waals surface area contributed by atoms with E-state index >= 15 is 0 Å². The molecular weight excluding hydrogens is 364 g/mol. The van der Waals surface area contributed by atoms with Crippen molar-refractivity contribution < 1.29 is 49.3 Å². The quantitative estimate of drug-likeness (QED) is 0.251. The number of rotatable bonds is 5. The lowest BCUT2D eigenvalue weighted by atomic mass is 9.79. The Bertz CT molecular complexity index is 564. The number of hydrogen-bond acceptors (Lipinski definition) is 10. The summed E-state index contributed by atoms with van der Waals surface area (Å²) in [4.78, 5) is 12.0. The van der Waals surface area contributed by atoms with Crippen molar-refractivity contribution in [2.75, 3.05) is 26.9 Å². The molecule has 9 unspecified atom stereocenters. The summed E-state index contributed by atoms with van der Waals surface area (Å²) in [5.41, 5.74) is 0.642. The van der Waals surface area contributed by atoms with Gasteiger partial charge in [-0.1, -0.05) is 6.08 Å². The maximum absolute atomic E-state index is 12.0. The minimum absolute atomic E-state index is 0.0302. The monoisotopic (exact) mass is 390 g/mol. The predicted molar refractivity (Wildman–Crippen MR) is 86.9 cm³/mol. The van der Waals surface area contributed by atoms with Crippen molar-refractivity contribution in [3.8, 4) is 0 Å². The average Bonchev–Trinajstić information content (AvgIpc) is 3.12. The number of esters is 1. The summed E-state index contributed by atoms with van der Waals surface area (Å²) in [6.45, 7) is -0.788. The first-order valence-corrected chi connectivity index (χ1v) is 8.88. The van der Waals surface area contributed by atoms with Gasteiger partial charge in [-0.25, -0.2) is 0 Å². The van der Waals surface area contributed by atoms with E-state index in [0.29, 0.717) is 12.0 Å². The molecule has 2 fully saturated rings. The van der Waals surface area contributed by atoms with E-state index in [4.69, 9.17) is 18.9 Å². The van der Waals surface area contributed by atoms with E-state index < -0.39 is 61.4 Å². The third-order valence-electron chi connectivity index (χ3n) is 5.59. The number of fused-ring (bicyclic) bond motifs is 1. The minimum Gasteiger partial charge on any atom is -0.469 e. The molecule has 2 saturated heterocycles. The van der Waals surface area contributed by atoms with Crippen molar-refractivity contribution in [3.05, 3.63) is 11.6 Å². The Kier molecular flexibility index (Phi) is 6.49. The number of aliphatic hydroxyl groups is 5. The highest BCUT2D eigenvalue weighted by atomic mass is 16.8. The Morgan fingerprint density at radius 3 is 2.56 bits per heavy atom. The predicted octanol–water partition coefficient (Wildman–Crippen LogP) is -2.50. The first-order chi connectivity index (χ1) is 12.9. The normalized spacial score (nSPS) is 44.5. The third kappa shape index (κ3) is 3.76. The number of methoxy groups -OCH3 is 1. The Morgan fingerprint density at radius 2 is 1.93 bits per heavy atom. The highest BCUT2D eigenvalue weighted by Gasteiger charge is 2.51. The van der Waals surface area contributed by atoms with E-state index in [1.807, 2.05) is 6.08 Å². The van der Waals surface area contributed by atoms with Gasteiger partial charge in [-0.3, -0.25) is 4.79 Å². The number of allylic oxidation sites excluding steroid dienone is 1. The Hall–Kier alpha value is -1.11. The molecule has 3 aliphatic rings. The second kappa shape index (κ2) is 8.50. The molecule has 0 spiro atoms. The average molecular weight is 390 g/mol. The molecule has 3 rings (SSSR count). The molecule has 0 amide bonds. The van der Waals surface area contributed by atoms with Gasteiger partial charge in [0.1, 0.15) is 24.4 Å². The zero-order valence-electron chi connectivity index (χ0n) is 14.9. The summed E-state index contributed by atoms with van der Waals surface area (Å²) in [5, 5.41) is 48.8. The standard InChI is InChI=1S/C17H26O10/c1-24-15(23)9-6-25-16(11-7(4-18)2-3-8(9)11)27-17-14(22)13(21)12(20)10(5-19)26-17/h2,8-14,16-22H,3-6H2,1H3. The maximum atomic E-state index is 12.0. The number of carbonyl (C=O) groups excluding carboxylic acids is 1. The van der Waals surface area contributed by atoms with Gasteiger partial charge in [-0.05, 0) is 17.9 Å².